The van der Waals surface area contributed by atoms with E-state index in [1.54, 1.807) is 11.3 Å². The minimum atomic E-state index is 0.591. The maximum atomic E-state index is 4.81. The average molecular weight is 306 g/mol. The third-order valence-corrected chi connectivity index (χ3v) is 5.67. The van der Waals surface area contributed by atoms with Crippen molar-refractivity contribution >= 4 is 17.3 Å². The van der Waals surface area contributed by atoms with E-state index >= 15 is 0 Å². The van der Waals surface area contributed by atoms with Gasteiger partial charge in [0.2, 0.25) is 0 Å². The van der Waals surface area contributed by atoms with Gasteiger partial charge in [0, 0.05) is 30.7 Å². The van der Waals surface area contributed by atoms with Gasteiger partial charge < -0.3 is 10.2 Å². The lowest BCUT2D eigenvalue weighted by Crippen LogP contribution is -2.41. The molecule has 4 nitrogen and oxygen atoms in total. The van der Waals surface area contributed by atoms with Gasteiger partial charge in [0.05, 0.1) is 6.54 Å². The lowest BCUT2D eigenvalue weighted by Gasteiger charge is -2.25. The molecule has 1 spiro atoms. The highest BCUT2D eigenvalue weighted by molar-refractivity contribution is 7.11. The Balaban J connectivity index is 1.66. The smallest absolute Gasteiger partial charge is 0.194 e. The van der Waals surface area contributed by atoms with Crippen LogP contribution >= 0.6 is 11.3 Å². The summed E-state index contributed by atoms with van der Waals surface area (Å²) in [6.45, 7) is 8.22. The van der Waals surface area contributed by atoms with E-state index in [9.17, 15) is 0 Å². The average Bonchev–Trinajstić information content (AvgIpc) is 3.19. The number of aryl methyl sites for hydroxylation is 1. The summed E-state index contributed by atoms with van der Waals surface area (Å²) in [4.78, 5) is 13.0. The third kappa shape index (κ3) is 3.39. The van der Waals surface area contributed by atoms with Crippen LogP contribution in [0.15, 0.2) is 11.2 Å². The maximum Gasteiger partial charge on any atom is 0.194 e. The summed E-state index contributed by atoms with van der Waals surface area (Å²) in [6.07, 6.45) is 8.93. The molecule has 0 aromatic carbocycles. The van der Waals surface area contributed by atoms with Crippen molar-refractivity contribution < 1.29 is 0 Å². The van der Waals surface area contributed by atoms with Crippen LogP contribution in [0.2, 0.25) is 0 Å². The van der Waals surface area contributed by atoms with E-state index in [-0.39, 0.29) is 0 Å². The lowest BCUT2D eigenvalue weighted by molar-refractivity contribution is 0.309. The minimum absolute atomic E-state index is 0.591. The highest BCUT2D eigenvalue weighted by Crippen LogP contribution is 2.45. The Hall–Kier alpha value is -1.10. The summed E-state index contributed by atoms with van der Waals surface area (Å²) in [5.41, 5.74) is 0.591. The van der Waals surface area contributed by atoms with Gasteiger partial charge in [0.1, 0.15) is 5.01 Å². The number of rotatable bonds is 3. The maximum absolute atomic E-state index is 4.81. The van der Waals surface area contributed by atoms with E-state index in [1.165, 1.54) is 43.5 Å². The van der Waals surface area contributed by atoms with Crippen LogP contribution in [0, 0.1) is 12.3 Å². The number of hydrogen-bond donors (Lipinski definition) is 1. The second kappa shape index (κ2) is 6.34. The Morgan fingerprint density at radius 2 is 2.24 bits per heavy atom. The molecule has 2 fully saturated rings. The van der Waals surface area contributed by atoms with Crippen molar-refractivity contribution in [2.45, 2.75) is 52.5 Å². The number of nitrogens with one attached hydrogen (secondary N) is 1. The standard InChI is InChI=1S/C16H26N4S/c1-3-17-15(19-11-14-18-10-13(2)21-14)20-9-8-16(12-20)6-4-5-7-16/h10H,3-9,11-12H2,1-2H3,(H,17,19). The van der Waals surface area contributed by atoms with E-state index in [2.05, 4.69) is 29.0 Å². The molecule has 5 heteroatoms. The van der Waals surface area contributed by atoms with Gasteiger partial charge in [-0.25, -0.2) is 9.98 Å². The Labute approximate surface area is 131 Å². The van der Waals surface area contributed by atoms with Crippen molar-refractivity contribution in [1.29, 1.82) is 0 Å². The number of thiazole rings is 1. The summed E-state index contributed by atoms with van der Waals surface area (Å²) < 4.78 is 0. The van der Waals surface area contributed by atoms with Crippen LogP contribution in [0.1, 0.15) is 48.9 Å². The van der Waals surface area contributed by atoms with Crippen molar-refractivity contribution in [3.8, 4) is 0 Å². The van der Waals surface area contributed by atoms with Crippen molar-refractivity contribution in [2.24, 2.45) is 10.4 Å². The molecule has 0 radical (unpaired) electrons. The molecule has 1 saturated heterocycles. The van der Waals surface area contributed by atoms with Crippen LogP contribution in [-0.2, 0) is 6.54 Å². The Morgan fingerprint density at radius 1 is 1.43 bits per heavy atom. The third-order valence-electron chi connectivity index (χ3n) is 4.77. The molecule has 2 heterocycles. The Morgan fingerprint density at radius 3 is 2.90 bits per heavy atom. The molecule has 1 N–H and O–H groups in total. The molecule has 2 aliphatic rings. The molecular weight excluding hydrogens is 280 g/mol. The first-order chi connectivity index (χ1) is 10.2. The zero-order valence-corrected chi connectivity index (χ0v) is 14.0. The summed E-state index contributed by atoms with van der Waals surface area (Å²) in [7, 11) is 0. The molecule has 1 aromatic heterocycles. The first-order valence-electron chi connectivity index (χ1n) is 8.15. The van der Waals surface area contributed by atoms with Gasteiger partial charge >= 0.3 is 0 Å². The van der Waals surface area contributed by atoms with Crippen LogP contribution in [0.25, 0.3) is 0 Å². The first-order valence-corrected chi connectivity index (χ1v) is 8.97. The van der Waals surface area contributed by atoms with Gasteiger partial charge in [0.15, 0.2) is 5.96 Å². The summed E-state index contributed by atoms with van der Waals surface area (Å²) in [5.74, 6) is 1.08. The number of hydrogen-bond acceptors (Lipinski definition) is 3. The number of likely N-dealkylation sites (tertiary alicyclic amines) is 1. The highest BCUT2D eigenvalue weighted by atomic mass is 32.1. The quantitative estimate of drug-likeness (QED) is 0.689. The van der Waals surface area contributed by atoms with Crippen molar-refractivity contribution in [3.05, 3.63) is 16.1 Å². The highest BCUT2D eigenvalue weighted by Gasteiger charge is 2.41. The van der Waals surface area contributed by atoms with Gasteiger partial charge in [-0.05, 0) is 38.5 Å². The molecule has 1 aromatic rings. The van der Waals surface area contributed by atoms with Crippen LogP contribution < -0.4 is 5.32 Å². The number of aliphatic imine (C=N–C) groups is 1. The summed E-state index contributed by atoms with van der Waals surface area (Å²) in [5, 5.41) is 4.57. The molecule has 116 valence electrons. The van der Waals surface area contributed by atoms with Gasteiger partial charge in [-0.1, -0.05) is 12.8 Å². The van der Waals surface area contributed by atoms with Gasteiger partial charge in [-0.2, -0.15) is 0 Å². The second-order valence-electron chi connectivity index (χ2n) is 6.41. The zero-order valence-electron chi connectivity index (χ0n) is 13.2. The molecule has 3 rings (SSSR count). The Kier molecular flexibility index (Phi) is 4.48. The van der Waals surface area contributed by atoms with Gasteiger partial charge in [0.25, 0.3) is 0 Å². The van der Waals surface area contributed by atoms with Crippen molar-refractivity contribution in [2.75, 3.05) is 19.6 Å². The zero-order chi connectivity index (χ0) is 14.7. The summed E-state index contributed by atoms with van der Waals surface area (Å²) in [6, 6.07) is 0. The molecule has 1 saturated carbocycles. The largest absolute Gasteiger partial charge is 0.357 e. The fraction of sp³-hybridized carbons (Fsp3) is 0.750. The van der Waals surface area contributed by atoms with E-state index in [4.69, 9.17) is 4.99 Å². The van der Waals surface area contributed by atoms with Gasteiger partial charge in [-0.3, -0.25) is 0 Å². The normalized spacial score (nSPS) is 21.4. The molecule has 0 unspecified atom stereocenters. The van der Waals surface area contributed by atoms with E-state index in [0.717, 1.165) is 24.1 Å². The van der Waals surface area contributed by atoms with Crippen LogP contribution in [0.4, 0.5) is 0 Å². The van der Waals surface area contributed by atoms with E-state index < -0.39 is 0 Å². The number of nitrogens with zero attached hydrogens (tertiary/aromatic N) is 3. The van der Waals surface area contributed by atoms with Crippen molar-refractivity contribution in [3.63, 3.8) is 0 Å². The fourth-order valence-electron chi connectivity index (χ4n) is 3.69. The molecule has 0 amide bonds. The second-order valence-corrected chi connectivity index (χ2v) is 7.73. The number of guanidine groups is 1. The lowest BCUT2D eigenvalue weighted by atomic mass is 9.86. The topological polar surface area (TPSA) is 40.5 Å². The monoisotopic (exact) mass is 306 g/mol. The van der Waals surface area contributed by atoms with Gasteiger partial charge in [-0.15, -0.1) is 11.3 Å². The number of aromatic nitrogens is 1. The molecule has 0 atom stereocenters. The van der Waals surface area contributed by atoms with Crippen LogP contribution in [0.3, 0.4) is 0 Å². The van der Waals surface area contributed by atoms with Crippen molar-refractivity contribution in [1.82, 2.24) is 15.2 Å². The molecule has 21 heavy (non-hydrogen) atoms. The SMILES string of the molecule is CCNC(=NCc1ncc(C)s1)N1CCC2(CCCC2)C1. The molecule has 1 aliphatic heterocycles. The fourth-order valence-corrected chi connectivity index (χ4v) is 4.40. The Bertz CT molecular complexity index is 502. The van der Waals surface area contributed by atoms with Crippen LogP contribution in [-0.4, -0.2) is 35.5 Å². The summed E-state index contributed by atoms with van der Waals surface area (Å²) >= 11 is 1.74. The first kappa shape index (κ1) is 14.8. The molecular formula is C16H26N4S. The van der Waals surface area contributed by atoms with Crippen LogP contribution in [0.5, 0.6) is 0 Å². The predicted octanol–water partition coefficient (Wildman–Crippen LogP) is 3.18. The minimum Gasteiger partial charge on any atom is -0.357 e. The molecule has 1 aliphatic carbocycles. The molecule has 0 bridgehead atoms. The predicted molar refractivity (Wildman–Crippen MR) is 88.8 cm³/mol. The van der Waals surface area contributed by atoms with E-state index in [1.807, 2.05) is 6.20 Å². The van der Waals surface area contributed by atoms with E-state index in [0.29, 0.717) is 12.0 Å².